The van der Waals surface area contributed by atoms with Gasteiger partial charge in [0.15, 0.2) is 0 Å². The molecule has 0 aromatic heterocycles. The molecule has 112 valence electrons. The summed E-state index contributed by atoms with van der Waals surface area (Å²) in [6.07, 6.45) is 0.545. The van der Waals surface area contributed by atoms with Crippen LogP contribution in [0.1, 0.15) is 36.7 Å². The van der Waals surface area contributed by atoms with Crippen LogP contribution in [0.2, 0.25) is 0 Å². The molecule has 2 rings (SSSR count). The Hall–Kier alpha value is -0.0600. The highest BCUT2D eigenvalue weighted by molar-refractivity contribution is 9.10. The van der Waals surface area contributed by atoms with E-state index in [-0.39, 0.29) is 10.9 Å². The lowest BCUT2D eigenvalue weighted by atomic mass is 9.84. The lowest BCUT2D eigenvalue weighted by Gasteiger charge is -2.26. The van der Waals surface area contributed by atoms with Crippen molar-refractivity contribution in [3.63, 3.8) is 0 Å². The Labute approximate surface area is 138 Å². The van der Waals surface area contributed by atoms with Gasteiger partial charge in [0.1, 0.15) is 5.75 Å². The number of hydrogen-bond acceptors (Lipinski definition) is 2. The third kappa shape index (κ3) is 2.93. The van der Waals surface area contributed by atoms with Crippen molar-refractivity contribution in [1.29, 1.82) is 0 Å². The summed E-state index contributed by atoms with van der Waals surface area (Å²) in [6, 6.07) is 4.25. The van der Waals surface area contributed by atoms with Crippen LogP contribution in [0, 0.1) is 18.8 Å². The van der Waals surface area contributed by atoms with E-state index < -0.39 is 0 Å². The van der Waals surface area contributed by atoms with Crippen LogP contribution in [-0.2, 0) is 4.74 Å². The Morgan fingerprint density at radius 1 is 1.20 bits per heavy atom. The summed E-state index contributed by atoms with van der Waals surface area (Å²) >= 11 is 7.51. The fourth-order valence-corrected chi connectivity index (χ4v) is 4.70. The molecule has 0 saturated carbocycles. The number of alkyl halides is 1. The Balaban J connectivity index is 2.38. The minimum Gasteiger partial charge on any atom is -0.496 e. The number of halogens is 2. The summed E-state index contributed by atoms with van der Waals surface area (Å²) in [5.41, 5.74) is 2.37. The van der Waals surface area contributed by atoms with Crippen LogP contribution in [0.25, 0.3) is 0 Å². The third-order valence-corrected chi connectivity index (χ3v) is 6.42. The fraction of sp³-hybridized carbons (Fsp3) is 0.625. The topological polar surface area (TPSA) is 18.5 Å². The minimum atomic E-state index is 0.226. The average molecular weight is 406 g/mol. The monoisotopic (exact) mass is 404 g/mol. The zero-order chi connectivity index (χ0) is 15.0. The maximum atomic E-state index is 5.97. The molecule has 1 aliphatic rings. The molecule has 20 heavy (non-hydrogen) atoms. The lowest BCUT2D eigenvalue weighted by molar-refractivity contribution is 0.0510. The number of benzene rings is 1. The molecule has 0 amide bonds. The standard InChI is InChI=1S/C16H22Br2O2/c1-8-6-14(19-5)12(7-13(8)17)16(18)15-9(2)10(3)20-11(15)4/h6-7,9-11,15-16H,1-5H3. The van der Waals surface area contributed by atoms with E-state index in [0.717, 1.165) is 10.2 Å². The number of ether oxygens (including phenoxy) is 2. The molecule has 1 fully saturated rings. The van der Waals surface area contributed by atoms with Gasteiger partial charge in [0, 0.05) is 20.8 Å². The van der Waals surface area contributed by atoms with Crippen LogP contribution >= 0.6 is 31.9 Å². The van der Waals surface area contributed by atoms with E-state index in [2.05, 4.69) is 71.7 Å². The van der Waals surface area contributed by atoms with Gasteiger partial charge in [-0.3, -0.25) is 0 Å². The molecule has 1 aromatic carbocycles. The van der Waals surface area contributed by atoms with Crippen molar-refractivity contribution in [2.45, 2.75) is 44.7 Å². The quantitative estimate of drug-likeness (QED) is 0.638. The molecule has 0 bridgehead atoms. The van der Waals surface area contributed by atoms with E-state index in [0.29, 0.717) is 17.9 Å². The molecular formula is C16H22Br2O2. The van der Waals surface area contributed by atoms with Gasteiger partial charge in [-0.2, -0.15) is 0 Å². The van der Waals surface area contributed by atoms with Crippen molar-refractivity contribution < 1.29 is 9.47 Å². The molecule has 1 aromatic rings. The Kier molecular flexibility index (Phi) is 5.19. The molecule has 1 aliphatic heterocycles. The van der Waals surface area contributed by atoms with Gasteiger partial charge < -0.3 is 9.47 Å². The van der Waals surface area contributed by atoms with Gasteiger partial charge in [0.2, 0.25) is 0 Å². The predicted octanol–water partition coefficient (Wildman–Crippen LogP) is 5.26. The first-order valence-corrected chi connectivity index (χ1v) is 8.71. The van der Waals surface area contributed by atoms with Gasteiger partial charge in [-0.05, 0) is 44.4 Å². The maximum Gasteiger partial charge on any atom is 0.123 e. The van der Waals surface area contributed by atoms with Crippen LogP contribution in [0.5, 0.6) is 5.75 Å². The van der Waals surface area contributed by atoms with Crippen LogP contribution < -0.4 is 4.74 Å². The first-order valence-electron chi connectivity index (χ1n) is 7.00. The second kappa shape index (κ2) is 6.37. The molecule has 5 atom stereocenters. The van der Waals surface area contributed by atoms with Gasteiger partial charge in [-0.1, -0.05) is 38.8 Å². The van der Waals surface area contributed by atoms with E-state index in [1.165, 1.54) is 11.1 Å². The Bertz CT molecular complexity index is 490. The summed E-state index contributed by atoms with van der Waals surface area (Å²) in [7, 11) is 1.73. The predicted molar refractivity (Wildman–Crippen MR) is 89.8 cm³/mol. The van der Waals surface area contributed by atoms with E-state index in [9.17, 15) is 0 Å². The SMILES string of the molecule is COc1cc(C)c(Br)cc1C(Br)C1C(C)OC(C)C1C. The summed E-state index contributed by atoms with van der Waals surface area (Å²) in [6.45, 7) is 8.66. The zero-order valence-corrected chi connectivity index (χ0v) is 15.8. The molecule has 4 heteroatoms. The zero-order valence-electron chi connectivity index (χ0n) is 12.6. The third-order valence-electron chi connectivity index (χ3n) is 4.46. The first-order chi connectivity index (χ1) is 9.36. The first kappa shape index (κ1) is 16.3. The summed E-state index contributed by atoms with van der Waals surface area (Å²) in [5, 5.41) is 0. The molecule has 0 N–H and O–H groups in total. The Morgan fingerprint density at radius 2 is 1.85 bits per heavy atom. The van der Waals surface area contributed by atoms with Crippen LogP contribution in [0.4, 0.5) is 0 Å². The highest BCUT2D eigenvalue weighted by Crippen LogP contribution is 2.48. The number of hydrogen-bond donors (Lipinski definition) is 0. The molecule has 1 saturated heterocycles. The molecule has 0 spiro atoms. The highest BCUT2D eigenvalue weighted by atomic mass is 79.9. The minimum absolute atomic E-state index is 0.226. The normalized spacial score (nSPS) is 31.4. The van der Waals surface area contributed by atoms with E-state index in [1.54, 1.807) is 7.11 Å². The fourth-order valence-electron chi connectivity index (χ4n) is 3.07. The number of aryl methyl sites for hydroxylation is 1. The van der Waals surface area contributed by atoms with Gasteiger partial charge in [-0.15, -0.1) is 0 Å². The van der Waals surface area contributed by atoms with Gasteiger partial charge in [-0.25, -0.2) is 0 Å². The largest absolute Gasteiger partial charge is 0.496 e. The van der Waals surface area contributed by atoms with Crippen molar-refractivity contribution >= 4 is 31.9 Å². The molecule has 1 heterocycles. The molecular weight excluding hydrogens is 384 g/mol. The van der Waals surface area contributed by atoms with Gasteiger partial charge >= 0.3 is 0 Å². The van der Waals surface area contributed by atoms with E-state index in [1.807, 2.05) is 0 Å². The van der Waals surface area contributed by atoms with Crippen molar-refractivity contribution in [3.8, 4) is 5.75 Å². The van der Waals surface area contributed by atoms with Crippen molar-refractivity contribution in [3.05, 3.63) is 27.7 Å². The highest BCUT2D eigenvalue weighted by Gasteiger charge is 2.42. The van der Waals surface area contributed by atoms with Crippen LogP contribution in [0.3, 0.4) is 0 Å². The molecule has 5 unspecified atom stereocenters. The van der Waals surface area contributed by atoms with Crippen LogP contribution in [0.15, 0.2) is 16.6 Å². The van der Waals surface area contributed by atoms with E-state index >= 15 is 0 Å². The van der Waals surface area contributed by atoms with Crippen LogP contribution in [-0.4, -0.2) is 19.3 Å². The summed E-state index contributed by atoms with van der Waals surface area (Å²) < 4.78 is 12.7. The summed E-state index contributed by atoms with van der Waals surface area (Å²) in [5.74, 6) is 1.89. The van der Waals surface area contributed by atoms with Crippen molar-refractivity contribution in [2.75, 3.05) is 7.11 Å². The second-order valence-corrected chi connectivity index (χ2v) is 7.57. The van der Waals surface area contributed by atoms with Crippen molar-refractivity contribution in [1.82, 2.24) is 0 Å². The smallest absolute Gasteiger partial charge is 0.123 e. The maximum absolute atomic E-state index is 5.97. The van der Waals surface area contributed by atoms with Gasteiger partial charge in [0.05, 0.1) is 19.3 Å². The summed E-state index contributed by atoms with van der Waals surface area (Å²) in [4.78, 5) is 0.226. The van der Waals surface area contributed by atoms with Gasteiger partial charge in [0.25, 0.3) is 0 Å². The van der Waals surface area contributed by atoms with E-state index in [4.69, 9.17) is 9.47 Å². The number of rotatable bonds is 3. The van der Waals surface area contributed by atoms with Crippen molar-refractivity contribution in [2.24, 2.45) is 11.8 Å². The molecule has 0 aliphatic carbocycles. The Morgan fingerprint density at radius 3 is 2.35 bits per heavy atom. The molecule has 2 nitrogen and oxygen atoms in total. The molecule has 0 radical (unpaired) electrons. The lowest BCUT2D eigenvalue weighted by Crippen LogP contribution is -2.22. The average Bonchev–Trinajstić information content (AvgIpc) is 2.65. The number of methoxy groups -OCH3 is 1. The second-order valence-electron chi connectivity index (χ2n) is 5.73.